The first-order valence-electron chi connectivity index (χ1n) is 11.3. The average molecular weight is 499 g/mol. The molecule has 6 aromatic heterocycles. The molecule has 0 aromatic carbocycles. The molecule has 0 spiro atoms. The van der Waals surface area contributed by atoms with Crippen LogP contribution in [0, 0.1) is 5.82 Å². The van der Waals surface area contributed by atoms with Crippen molar-refractivity contribution in [1.29, 1.82) is 0 Å². The number of anilines is 1. The summed E-state index contributed by atoms with van der Waals surface area (Å²) >= 11 is 1.60. The van der Waals surface area contributed by atoms with Crippen LogP contribution in [0.15, 0.2) is 53.7 Å². The number of nitrogens with one attached hydrogen (secondary N) is 3. The second-order valence-electron chi connectivity index (χ2n) is 8.20. The molecule has 0 saturated carbocycles. The number of amides is 1. The van der Waals surface area contributed by atoms with Gasteiger partial charge in [-0.15, -0.1) is 0 Å². The summed E-state index contributed by atoms with van der Waals surface area (Å²) in [5.74, 6) is -0.305. The van der Waals surface area contributed by atoms with Crippen LogP contribution in [0.25, 0.3) is 56.0 Å². The number of halogens is 1. The number of imidazole rings is 1. The van der Waals surface area contributed by atoms with Crippen LogP contribution >= 0.6 is 11.3 Å². The van der Waals surface area contributed by atoms with E-state index in [1.165, 1.54) is 18.6 Å². The molecule has 0 aliphatic heterocycles. The van der Waals surface area contributed by atoms with Gasteiger partial charge in [0.2, 0.25) is 5.91 Å². The van der Waals surface area contributed by atoms with Crippen LogP contribution in [0.3, 0.4) is 0 Å². The molecule has 6 aromatic rings. The molecule has 0 bridgehead atoms. The van der Waals surface area contributed by atoms with E-state index < -0.39 is 5.82 Å². The molecular weight excluding hydrogens is 479 g/mol. The molecule has 0 unspecified atom stereocenters. The molecule has 1 amide bonds. The van der Waals surface area contributed by atoms with Crippen molar-refractivity contribution in [3.8, 4) is 33.9 Å². The van der Waals surface area contributed by atoms with Gasteiger partial charge in [-0.2, -0.15) is 16.4 Å². The van der Waals surface area contributed by atoms with Crippen molar-refractivity contribution in [2.45, 2.75) is 19.8 Å². The van der Waals surface area contributed by atoms with E-state index >= 15 is 4.39 Å². The van der Waals surface area contributed by atoms with Crippen LogP contribution in [0.5, 0.6) is 0 Å². The van der Waals surface area contributed by atoms with Crippen molar-refractivity contribution in [2.24, 2.45) is 0 Å². The summed E-state index contributed by atoms with van der Waals surface area (Å²) in [7, 11) is 0. The minimum Gasteiger partial charge on any atom is -0.335 e. The number of pyridine rings is 3. The number of nitrogens with zero attached hydrogens (tertiary/aromatic N) is 5. The monoisotopic (exact) mass is 498 g/mol. The topological polar surface area (TPSA) is 125 Å². The summed E-state index contributed by atoms with van der Waals surface area (Å²) < 4.78 is 15.9. The zero-order valence-electron chi connectivity index (χ0n) is 19.0. The van der Waals surface area contributed by atoms with Gasteiger partial charge in [0, 0.05) is 29.9 Å². The van der Waals surface area contributed by atoms with Gasteiger partial charge in [0.05, 0.1) is 34.5 Å². The average Bonchev–Trinajstić information content (AvgIpc) is 3.63. The molecule has 9 nitrogen and oxygen atoms in total. The SMILES string of the molecule is CCCC(=O)Nc1cncc(-c2ncc3[nH]nc(-c4nc5nccc(-c6ccsc6)c5[nH]4)c3c2F)c1. The van der Waals surface area contributed by atoms with Crippen molar-refractivity contribution in [3.05, 3.63) is 59.6 Å². The first-order chi connectivity index (χ1) is 17.6. The second-order valence-corrected chi connectivity index (χ2v) is 8.98. The summed E-state index contributed by atoms with van der Waals surface area (Å²) in [6.07, 6.45) is 7.35. The second kappa shape index (κ2) is 8.93. The Morgan fingerprint density at radius 2 is 2.06 bits per heavy atom. The number of rotatable bonds is 6. The third kappa shape index (κ3) is 3.79. The van der Waals surface area contributed by atoms with E-state index in [4.69, 9.17) is 0 Å². The smallest absolute Gasteiger partial charge is 0.224 e. The Labute approximate surface area is 207 Å². The van der Waals surface area contributed by atoms with Gasteiger partial charge in [-0.3, -0.25) is 19.9 Å². The lowest BCUT2D eigenvalue weighted by molar-refractivity contribution is -0.116. The molecule has 6 heterocycles. The summed E-state index contributed by atoms with van der Waals surface area (Å²) in [6.45, 7) is 1.92. The number of fused-ring (bicyclic) bond motifs is 2. The molecule has 11 heteroatoms. The molecule has 0 aliphatic rings. The van der Waals surface area contributed by atoms with E-state index in [2.05, 4.69) is 40.4 Å². The van der Waals surface area contributed by atoms with Crippen molar-refractivity contribution in [1.82, 2.24) is 35.1 Å². The van der Waals surface area contributed by atoms with Crippen LogP contribution in [0.2, 0.25) is 0 Å². The predicted octanol–water partition coefficient (Wildman–Crippen LogP) is 5.56. The fourth-order valence-corrected chi connectivity index (χ4v) is 4.77. The number of carbonyl (C=O) groups excluding carboxylic acids is 1. The molecular formula is C25H19FN8OS. The van der Waals surface area contributed by atoms with Crippen molar-refractivity contribution < 1.29 is 9.18 Å². The Balaban J connectivity index is 1.44. The lowest BCUT2D eigenvalue weighted by Crippen LogP contribution is -2.10. The van der Waals surface area contributed by atoms with Crippen LogP contribution < -0.4 is 5.32 Å². The van der Waals surface area contributed by atoms with Crippen molar-refractivity contribution in [2.75, 3.05) is 5.32 Å². The number of thiophene rings is 1. The number of carbonyl (C=O) groups is 1. The molecule has 36 heavy (non-hydrogen) atoms. The quantitative estimate of drug-likeness (QED) is 0.276. The summed E-state index contributed by atoms with van der Waals surface area (Å²) in [4.78, 5) is 32.7. The first kappa shape index (κ1) is 22.0. The van der Waals surface area contributed by atoms with Gasteiger partial charge in [-0.25, -0.2) is 14.4 Å². The molecule has 0 fully saturated rings. The molecule has 0 saturated heterocycles. The highest BCUT2D eigenvalue weighted by Crippen LogP contribution is 2.34. The van der Waals surface area contributed by atoms with Gasteiger partial charge in [-0.05, 0) is 40.9 Å². The number of hydrogen-bond acceptors (Lipinski definition) is 7. The molecule has 0 atom stereocenters. The maximum absolute atomic E-state index is 15.9. The van der Waals surface area contributed by atoms with E-state index in [9.17, 15) is 4.79 Å². The Kier molecular flexibility index (Phi) is 5.45. The third-order valence-corrected chi connectivity index (χ3v) is 6.45. The lowest BCUT2D eigenvalue weighted by atomic mass is 10.1. The maximum atomic E-state index is 15.9. The first-order valence-corrected chi connectivity index (χ1v) is 12.2. The van der Waals surface area contributed by atoms with Crippen LogP contribution in [-0.4, -0.2) is 41.0 Å². The predicted molar refractivity (Wildman–Crippen MR) is 137 cm³/mol. The van der Waals surface area contributed by atoms with Gasteiger partial charge < -0.3 is 10.3 Å². The Morgan fingerprint density at radius 3 is 2.89 bits per heavy atom. The summed E-state index contributed by atoms with van der Waals surface area (Å²) in [6, 6.07) is 5.58. The van der Waals surface area contributed by atoms with Gasteiger partial charge >= 0.3 is 0 Å². The maximum Gasteiger partial charge on any atom is 0.224 e. The van der Waals surface area contributed by atoms with Gasteiger partial charge in [0.25, 0.3) is 0 Å². The lowest BCUT2D eigenvalue weighted by Gasteiger charge is -2.07. The van der Waals surface area contributed by atoms with E-state index in [0.717, 1.165) is 23.1 Å². The fraction of sp³-hybridized carbons (Fsp3) is 0.120. The highest BCUT2D eigenvalue weighted by Gasteiger charge is 2.21. The van der Waals surface area contributed by atoms with Crippen molar-refractivity contribution >= 4 is 45.0 Å². The van der Waals surface area contributed by atoms with Crippen LogP contribution in [0.1, 0.15) is 19.8 Å². The highest BCUT2D eigenvalue weighted by molar-refractivity contribution is 7.08. The van der Waals surface area contributed by atoms with Gasteiger partial charge in [0.15, 0.2) is 17.3 Å². The molecule has 0 aliphatic carbocycles. The number of aromatic nitrogens is 7. The highest BCUT2D eigenvalue weighted by atomic mass is 32.1. The fourth-order valence-electron chi connectivity index (χ4n) is 4.12. The summed E-state index contributed by atoms with van der Waals surface area (Å²) in [5, 5.41) is 14.2. The third-order valence-electron chi connectivity index (χ3n) is 5.77. The summed E-state index contributed by atoms with van der Waals surface area (Å²) in [5.41, 5.74) is 5.01. The minimum absolute atomic E-state index is 0.0949. The number of aromatic amines is 2. The van der Waals surface area contributed by atoms with E-state index in [1.807, 2.05) is 29.8 Å². The van der Waals surface area contributed by atoms with Gasteiger partial charge in [0.1, 0.15) is 11.4 Å². The number of hydrogen-bond donors (Lipinski definition) is 3. The Morgan fingerprint density at radius 1 is 1.14 bits per heavy atom. The van der Waals surface area contributed by atoms with E-state index in [0.29, 0.717) is 40.4 Å². The molecule has 178 valence electrons. The zero-order chi connectivity index (χ0) is 24.6. The number of H-pyrrole nitrogens is 2. The largest absolute Gasteiger partial charge is 0.335 e. The Hall–Kier alpha value is -4.51. The van der Waals surface area contributed by atoms with Crippen molar-refractivity contribution in [3.63, 3.8) is 0 Å². The van der Waals surface area contributed by atoms with Crippen LogP contribution in [-0.2, 0) is 4.79 Å². The standard InChI is InChI=1S/C25H19FN8OS/c1-2-3-18(35)30-15-8-14(9-27-10-15)21-20(26)19-17(11-29-21)33-34-23(19)25-31-22-16(13-5-7-36-12-13)4-6-28-24(22)32-25/h4-12H,2-3H2,1H3,(H,30,35)(H,33,34)(H,28,31,32). The molecule has 6 rings (SSSR count). The Bertz CT molecular complexity index is 1720. The molecule has 3 N–H and O–H groups in total. The van der Waals surface area contributed by atoms with E-state index in [1.54, 1.807) is 23.6 Å². The van der Waals surface area contributed by atoms with E-state index in [-0.39, 0.29) is 17.0 Å². The zero-order valence-corrected chi connectivity index (χ0v) is 19.9. The molecule has 0 radical (unpaired) electrons. The minimum atomic E-state index is -0.568. The normalized spacial score (nSPS) is 11.4. The van der Waals surface area contributed by atoms with Crippen LogP contribution in [0.4, 0.5) is 10.1 Å². The van der Waals surface area contributed by atoms with Gasteiger partial charge in [-0.1, -0.05) is 6.92 Å².